The van der Waals surface area contributed by atoms with Crippen molar-refractivity contribution >= 4 is 15.9 Å². The molecule has 104 valence electrons. The van der Waals surface area contributed by atoms with Crippen LogP contribution in [0, 0.1) is 0 Å². The smallest absolute Gasteiger partial charge is 0.0695 e. The molecule has 0 aliphatic carbocycles. The van der Waals surface area contributed by atoms with Crippen molar-refractivity contribution in [1.29, 1.82) is 0 Å². The van der Waals surface area contributed by atoms with Crippen molar-refractivity contribution < 1.29 is 4.74 Å². The van der Waals surface area contributed by atoms with Gasteiger partial charge in [-0.2, -0.15) is 5.10 Å². The lowest BCUT2D eigenvalue weighted by Gasteiger charge is -2.20. The molecule has 1 atom stereocenters. The largest absolute Gasteiger partial charge is 0.385 e. The van der Waals surface area contributed by atoms with Crippen LogP contribution in [0.1, 0.15) is 44.8 Å². The van der Waals surface area contributed by atoms with Crippen molar-refractivity contribution in [3.05, 3.63) is 16.4 Å². The number of rotatable bonds is 9. The quantitative estimate of drug-likeness (QED) is 0.711. The van der Waals surface area contributed by atoms with Gasteiger partial charge in [0.2, 0.25) is 0 Å². The van der Waals surface area contributed by atoms with Crippen LogP contribution < -0.4 is 5.32 Å². The third kappa shape index (κ3) is 4.37. The van der Waals surface area contributed by atoms with E-state index in [-0.39, 0.29) is 0 Å². The van der Waals surface area contributed by atoms with Crippen LogP contribution in [0.5, 0.6) is 0 Å². The van der Waals surface area contributed by atoms with Gasteiger partial charge in [-0.05, 0) is 41.7 Å². The Morgan fingerprint density at radius 2 is 2.28 bits per heavy atom. The number of hydrogen-bond acceptors (Lipinski definition) is 3. The van der Waals surface area contributed by atoms with E-state index in [4.69, 9.17) is 4.74 Å². The zero-order valence-electron chi connectivity index (χ0n) is 11.6. The molecule has 1 aromatic rings. The van der Waals surface area contributed by atoms with Gasteiger partial charge in [-0.15, -0.1) is 0 Å². The summed E-state index contributed by atoms with van der Waals surface area (Å²) in [6.45, 7) is 7.04. The molecule has 0 aliphatic heterocycles. The van der Waals surface area contributed by atoms with E-state index in [2.05, 4.69) is 44.9 Å². The fraction of sp³-hybridized carbons (Fsp3) is 0.769. The zero-order valence-corrected chi connectivity index (χ0v) is 13.2. The Hall–Kier alpha value is -0.390. The van der Waals surface area contributed by atoms with Crippen LogP contribution in [0.15, 0.2) is 10.7 Å². The Morgan fingerprint density at radius 3 is 2.89 bits per heavy atom. The summed E-state index contributed by atoms with van der Waals surface area (Å²) in [5.74, 6) is 0. The van der Waals surface area contributed by atoms with Crippen molar-refractivity contribution in [2.75, 3.05) is 20.3 Å². The molecule has 1 N–H and O–H groups in total. The number of nitrogens with one attached hydrogen (secondary N) is 1. The summed E-state index contributed by atoms with van der Waals surface area (Å²) in [5, 5.41) is 7.97. The molecule has 0 saturated carbocycles. The van der Waals surface area contributed by atoms with E-state index in [1.54, 1.807) is 7.11 Å². The van der Waals surface area contributed by atoms with Gasteiger partial charge >= 0.3 is 0 Å². The van der Waals surface area contributed by atoms with Gasteiger partial charge in [-0.25, -0.2) is 0 Å². The van der Waals surface area contributed by atoms with Crippen molar-refractivity contribution in [2.45, 2.75) is 45.7 Å². The molecule has 0 saturated heterocycles. The first kappa shape index (κ1) is 15.7. The van der Waals surface area contributed by atoms with E-state index in [0.29, 0.717) is 6.04 Å². The van der Waals surface area contributed by atoms with Gasteiger partial charge in [0, 0.05) is 20.3 Å². The molecule has 0 aliphatic rings. The predicted molar refractivity (Wildman–Crippen MR) is 77.7 cm³/mol. The van der Waals surface area contributed by atoms with E-state index in [1.807, 2.05) is 6.20 Å². The molecule has 5 heteroatoms. The first-order valence-corrected chi connectivity index (χ1v) is 7.47. The molecule has 0 amide bonds. The lowest BCUT2D eigenvalue weighted by atomic mass is 10.1. The van der Waals surface area contributed by atoms with Gasteiger partial charge in [0.15, 0.2) is 0 Å². The minimum atomic E-state index is 0.341. The van der Waals surface area contributed by atoms with Crippen LogP contribution in [0.25, 0.3) is 0 Å². The van der Waals surface area contributed by atoms with E-state index in [1.165, 1.54) is 5.69 Å². The van der Waals surface area contributed by atoms with Crippen LogP contribution in [0.4, 0.5) is 0 Å². The third-order valence-corrected chi connectivity index (χ3v) is 3.50. The molecule has 1 unspecified atom stereocenters. The minimum absolute atomic E-state index is 0.341. The third-order valence-electron chi connectivity index (χ3n) is 2.89. The number of nitrogens with zero attached hydrogens (tertiary/aromatic N) is 2. The number of aromatic nitrogens is 2. The van der Waals surface area contributed by atoms with Gasteiger partial charge < -0.3 is 10.1 Å². The highest BCUT2D eigenvalue weighted by Crippen LogP contribution is 2.26. The van der Waals surface area contributed by atoms with Crippen molar-refractivity contribution in [1.82, 2.24) is 15.1 Å². The summed E-state index contributed by atoms with van der Waals surface area (Å²) >= 11 is 3.61. The van der Waals surface area contributed by atoms with Gasteiger partial charge in [0.25, 0.3) is 0 Å². The van der Waals surface area contributed by atoms with E-state index in [9.17, 15) is 0 Å². The van der Waals surface area contributed by atoms with Crippen LogP contribution in [0.3, 0.4) is 0 Å². The lowest BCUT2D eigenvalue weighted by molar-refractivity contribution is 0.188. The summed E-state index contributed by atoms with van der Waals surface area (Å²) in [5.41, 5.74) is 1.26. The monoisotopic (exact) mass is 317 g/mol. The molecule has 1 rings (SSSR count). The zero-order chi connectivity index (χ0) is 13.4. The van der Waals surface area contributed by atoms with Crippen LogP contribution in [-0.4, -0.2) is 30.0 Å². The van der Waals surface area contributed by atoms with Gasteiger partial charge in [-0.3, -0.25) is 4.68 Å². The van der Waals surface area contributed by atoms with Gasteiger partial charge in [-0.1, -0.05) is 13.8 Å². The maximum Gasteiger partial charge on any atom is 0.0695 e. The second-order valence-corrected chi connectivity index (χ2v) is 5.20. The van der Waals surface area contributed by atoms with Crippen LogP contribution in [-0.2, 0) is 11.3 Å². The summed E-state index contributed by atoms with van der Waals surface area (Å²) in [7, 11) is 1.75. The number of aryl methyl sites for hydroxylation is 1. The second-order valence-electron chi connectivity index (χ2n) is 4.35. The molecule has 18 heavy (non-hydrogen) atoms. The van der Waals surface area contributed by atoms with Crippen LogP contribution in [0.2, 0.25) is 0 Å². The number of halogens is 1. The molecule has 0 fully saturated rings. The lowest BCUT2D eigenvalue weighted by Crippen LogP contribution is -2.24. The van der Waals surface area contributed by atoms with Crippen LogP contribution >= 0.6 is 15.9 Å². The highest BCUT2D eigenvalue weighted by molar-refractivity contribution is 9.10. The second kappa shape index (κ2) is 8.67. The Kier molecular flexibility index (Phi) is 7.54. The Balaban J connectivity index is 2.79. The number of ether oxygens (including phenoxy) is 1. The molecule has 0 radical (unpaired) electrons. The fourth-order valence-electron chi connectivity index (χ4n) is 2.12. The molecular formula is C13H24BrN3O. The van der Waals surface area contributed by atoms with Crippen molar-refractivity contribution in [2.24, 2.45) is 0 Å². The summed E-state index contributed by atoms with van der Waals surface area (Å²) < 4.78 is 8.33. The van der Waals surface area contributed by atoms with E-state index >= 15 is 0 Å². The highest BCUT2D eigenvalue weighted by Gasteiger charge is 2.18. The molecule has 0 bridgehead atoms. The summed E-state index contributed by atoms with van der Waals surface area (Å²) in [6.07, 6.45) is 5.11. The Bertz CT molecular complexity index is 341. The maximum atomic E-state index is 5.13. The Morgan fingerprint density at radius 1 is 1.50 bits per heavy atom. The van der Waals surface area contributed by atoms with Gasteiger partial charge in [0.1, 0.15) is 0 Å². The van der Waals surface area contributed by atoms with Crippen molar-refractivity contribution in [3.63, 3.8) is 0 Å². The first-order valence-electron chi connectivity index (χ1n) is 6.68. The molecular weight excluding hydrogens is 294 g/mol. The van der Waals surface area contributed by atoms with E-state index < -0.39 is 0 Å². The maximum absolute atomic E-state index is 5.13. The normalized spacial score (nSPS) is 12.9. The summed E-state index contributed by atoms with van der Waals surface area (Å²) in [4.78, 5) is 0. The molecule has 1 heterocycles. The number of methoxy groups -OCH3 is 1. The SMILES string of the molecule is CCCn1ncc(Br)c1C(CCCOC)NCC. The standard InChI is InChI=1S/C13H24BrN3O/c1-4-8-17-13(11(14)10-16-17)12(15-5-2)7-6-9-18-3/h10,12,15H,4-9H2,1-3H3. The average Bonchev–Trinajstić information content (AvgIpc) is 2.70. The minimum Gasteiger partial charge on any atom is -0.385 e. The highest BCUT2D eigenvalue weighted by atomic mass is 79.9. The molecule has 1 aromatic heterocycles. The van der Waals surface area contributed by atoms with Gasteiger partial charge in [0.05, 0.1) is 22.4 Å². The van der Waals surface area contributed by atoms with E-state index in [0.717, 1.165) is 43.4 Å². The molecule has 0 aromatic carbocycles. The fourth-order valence-corrected chi connectivity index (χ4v) is 2.69. The average molecular weight is 318 g/mol. The topological polar surface area (TPSA) is 39.1 Å². The number of hydrogen-bond donors (Lipinski definition) is 1. The first-order chi connectivity index (χ1) is 8.74. The summed E-state index contributed by atoms with van der Waals surface area (Å²) in [6, 6.07) is 0.341. The molecule has 4 nitrogen and oxygen atoms in total. The predicted octanol–water partition coefficient (Wildman–Crippen LogP) is 3.13. The Labute approximate surface area is 118 Å². The van der Waals surface area contributed by atoms with Crippen molar-refractivity contribution in [3.8, 4) is 0 Å². The molecule has 0 spiro atoms.